The number of hydrogen-bond donors (Lipinski definition) is 0. The van der Waals surface area contributed by atoms with Crippen LogP contribution in [0.4, 0.5) is 0 Å². The van der Waals surface area contributed by atoms with Gasteiger partial charge in [-0.15, -0.1) is 0 Å². The first-order valence-corrected chi connectivity index (χ1v) is 7.00. The number of imide groups is 2. The van der Waals surface area contributed by atoms with E-state index in [1.165, 1.54) is 0 Å². The monoisotopic (exact) mass is 384 g/mol. The van der Waals surface area contributed by atoms with E-state index in [4.69, 9.17) is 0 Å². The van der Waals surface area contributed by atoms with Crippen molar-refractivity contribution in [2.45, 2.75) is 0 Å². The molecule has 0 unspecified atom stereocenters. The van der Waals surface area contributed by atoms with E-state index in [1.807, 2.05) is 0 Å². The first kappa shape index (κ1) is 18.7. The number of fused-ring (bicyclic) bond motifs is 2. The Morgan fingerprint density at radius 1 is 0.520 bits per heavy atom. The van der Waals surface area contributed by atoms with Gasteiger partial charge in [-0.25, -0.2) is 14.1 Å². The van der Waals surface area contributed by atoms with Crippen molar-refractivity contribution in [1.29, 1.82) is 0 Å². The van der Waals surface area contributed by atoms with Gasteiger partial charge in [-0.3, -0.25) is 19.2 Å². The van der Waals surface area contributed by atoms with Gasteiger partial charge in [-0.2, -0.15) is 0 Å². The number of amides is 4. The summed E-state index contributed by atoms with van der Waals surface area (Å²) in [5.41, 5.74) is 1.77. The summed E-state index contributed by atoms with van der Waals surface area (Å²) in [6.07, 6.45) is 0. The van der Waals surface area contributed by atoms with Gasteiger partial charge in [0.15, 0.2) is 0 Å². The molecule has 4 rings (SSSR count). The standard InChI is InChI=1S/2C9H6NO2.Zn/c2*1-10-8(11)6-4-2-3-5-7(6)9(10)12;/h2*2-5H,1H2;/q2*-1;+2. The Bertz CT molecular complexity index is 751. The summed E-state index contributed by atoms with van der Waals surface area (Å²) in [4.78, 5) is 46.8. The molecule has 2 aromatic rings. The normalized spacial score (nSPS) is 14.6. The quantitative estimate of drug-likeness (QED) is 0.395. The third-order valence-corrected chi connectivity index (χ3v) is 3.76. The minimum Gasteiger partial charge on any atom is -0.430 e. The zero-order chi connectivity index (χ0) is 17.4. The van der Waals surface area contributed by atoms with Crippen molar-refractivity contribution in [2.24, 2.45) is 0 Å². The Labute approximate surface area is 157 Å². The maximum Gasteiger partial charge on any atom is 2.00 e. The van der Waals surface area contributed by atoms with Gasteiger partial charge in [0.25, 0.3) is 0 Å². The zero-order valence-electron chi connectivity index (χ0n) is 13.3. The fourth-order valence-electron chi connectivity index (χ4n) is 2.48. The predicted octanol–water partition coefficient (Wildman–Crippen LogP) is 2.15. The van der Waals surface area contributed by atoms with E-state index in [0.29, 0.717) is 22.3 Å². The molecule has 0 radical (unpaired) electrons. The van der Waals surface area contributed by atoms with Crippen LogP contribution in [0.1, 0.15) is 41.4 Å². The molecular weight excluding hydrogens is 374 g/mol. The Morgan fingerprint density at radius 2 is 0.720 bits per heavy atom. The van der Waals surface area contributed by atoms with Crippen LogP contribution in [0, 0.1) is 14.1 Å². The maximum atomic E-state index is 11.2. The molecule has 120 valence electrons. The van der Waals surface area contributed by atoms with Crippen molar-refractivity contribution in [2.75, 3.05) is 0 Å². The van der Waals surface area contributed by atoms with Crippen molar-refractivity contribution in [1.82, 2.24) is 9.80 Å². The van der Waals surface area contributed by atoms with Crippen LogP contribution in [0.3, 0.4) is 0 Å². The average molecular weight is 386 g/mol. The van der Waals surface area contributed by atoms with Crippen molar-refractivity contribution >= 4 is 23.6 Å². The summed E-state index contributed by atoms with van der Waals surface area (Å²) in [5, 5.41) is 0. The molecule has 0 saturated heterocycles. The van der Waals surface area contributed by atoms with E-state index in [2.05, 4.69) is 14.1 Å². The molecule has 25 heavy (non-hydrogen) atoms. The van der Waals surface area contributed by atoms with E-state index in [-0.39, 0.29) is 43.1 Å². The molecule has 0 bridgehead atoms. The molecular formula is C18H12N2O4Zn. The van der Waals surface area contributed by atoms with Crippen LogP contribution in [-0.4, -0.2) is 33.4 Å². The number of rotatable bonds is 0. The largest absolute Gasteiger partial charge is 2.00 e. The predicted molar refractivity (Wildman–Crippen MR) is 84.6 cm³/mol. The summed E-state index contributed by atoms with van der Waals surface area (Å²) in [7, 11) is 6.70. The molecule has 0 N–H and O–H groups in total. The van der Waals surface area contributed by atoms with Crippen LogP contribution in [0.25, 0.3) is 0 Å². The van der Waals surface area contributed by atoms with Crippen LogP contribution in [0.2, 0.25) is 0 Å². The van der Waals surface area contributed by atoms with Gasteiger partial charge in [-0.05, 0) is 24.3 Å². The molecule has 0 fully saturated rings. The molecule has 0 spiro atoms. The first-order valence-electron chi connectivity index (χ1n) is 7.00. The topological polar surface area (TPSA) is 74.8 Å². The van der Waals surface area contributed by atoms with Gasteiger partial charge in [0, 0.05) is 22.3 Å². The van der Waals surface area contributed by atoms with Gasteiger partial charge in [-0.1, -0.05) is 24.3 Å². The molecule has 2 aromatic carbocycles. The fraction of sp³-hybridized carbons (Fsp3) is 0. The smallest absolute Gasteiger partial charge is 0.430 e. The number of hydrogen-bond acceptors (Lipinski definition) is 4. The Kier molecular flexibility index (Phi) is 5.28. The molecule has 2 aliphatic rings. The van der Waals surface area contributed by atoms with Crippen LogP contribution < -0.4 is 0 Å². The van der Waals surface area contributed by atoms with Crippen molar-refractivity contribution in [3.8, 4) is 0 Å². The summed E-state index contributed by atoms with van der Waals surface area (Å²) in [6.45, 7) is 0. The number of carbonyl (C=O) groups excluding carboxylic acids is 4. The SMILES string of the molecule is [CH2-]N1C(=O)c2ccccc2C1=O.[CH2-]N1C(=O)c2ccccc2C1=O.[Zn+2]. The van der Waals surface area contributed by atoms with Gasteiger partial charge in [0.1, 0.15) is 0 Å². The minimum absolute atomic E-state index is 0. The molecule has 0 atom stereocenters. The molecule has 6 nitrogen and oxygen atoms in total. The van der Waals surface area contributed by atoms with E-state index in [1.54, 1.807) is 48.5 Å². The van der Waals surface area contributed by atoms with Crippen LogP contribution >= 0.6 is 0 Å². The maximum absolute atomic E-state index is 11.2. The summed E-state index contributed by atoms with van der Waals surface area (Å²) in [6, 6.07) is 13.4. The first-order chi connectivity index (χ1) is 11.4. The number of nitrogens with zero attached hydrogens (tertiary/aromatic N) is 2. The average Bonchev–Trinajstić information content (AvgIpc) is 2.98. The van der Waals surface area contributed by atoms with Gasteiger partial charge < -0.3 is 9.80 Å². The van der Waals surface area contributed by atoms with Gasteiger partial charge in [0.05, 0.1) is 0 Å². The second-order valence-corrected chi connectivity index (χ2v) is 5.17. The second kappa shape index (κ2) is 7.07. The molecule has 0 aromatic heterocycles. The molecule has 0 aliphatic carbocycles. The Balaban J connectivity index is 0.000000173. The van der Waals surface area contributed by atoms with Gasteiger partial charge in [0.2, 0.25) is 23.6 Å². The fourth-order valence-corrected chi connectivity index (χ4v) is 2.48. The molecule has 2 aliphatic heterocycles. The third kappa shape index (κ3) is 3.03. The molecule has 7 heteroatoms. The minimum atomic E-state index is -0.324. The molecule has 2 heterocycles. The van der Waals surface area contributed by atoms with E-state index in [9.17, 15) is 19.2 Å². The molecule has 4 amide bonds. The Morgan fingerprint density at radius 3 is 0.920 bits per heavy atom. The van der Waals surface area contributed by atoms with E-state index >= 15 is 0 Å². The summed E-state index contributed by atoms with van der Waals surface area (Å²) < 4.78 is 0. The number of benzene rings is 2. The summed E-state index contributed by atoms with van der Waals surface area (Å²) >= 11 is 0. The van der Waals surface area contributed by atoms with Crippen molar-refractivity contribution in [3.05, 3.63) is 84.9 Å². The van der Waals surface area contributed by atoms with E-state index < -0.39 is 0 Å². The van der Waals surface area contributed by atoms with E-state index in [0.717, 1.165) is 9.80 Å². The van der Waals surface area contributed by atoms with Crippen LogP contribution in [0.15, 0.2) is 48.5 Å². The van der Waals surface area contributed by atoms with Crippen molar-refractivity contribution in [3.63, 3.8) is 0 Å². The van der Waals surface area contributed by atoms with Crippen molar-refractivity contribution < 1.29 is 38.7 Å². The zero-order valence-corrected chi connectivity index (χ0v) is 16.2. The second-order valence-electron chi connectivity index (χ2n) is 5.17. The third-order valence-electron chi connectivity index (χ3n) is 3.76. The molecule has 0 saturated carbocycles. The Hall–Kier alpha value is -2.66. The number of carbonyl (C=O) groups is 4. The van der Waals surface area contributed by atoms with Gasteiger partial charge >= 0.3 is 19.5 Å². The summed E-state index contributed by atoms with van der Waals surface area (Å²) in [5.74, 6) is -1.29. The van der Waals surface area contributed by atoms with Crippen LogP contribution in [0.5, 0.6) is 0 Å². The van der Waals surface area contributed by atoms with Crippen LogP contribution in [-0.2, 0) is 19.5 Å².